The Hall–Kier alpha value is -13.8. The molecule has 0 bridgehead atoms. The van der Waals surface area contributed by atoms with Gasteiger partial charge < -0.3 is 17.7 Å². The fraction of sp³-hybridized carbons (Fsp3) is 0.290. The highest BCUT2D eigenvalue weighted by Gasteiger charge is 2.45. The average molecular weight is 1850 g/mol. The van der Waals surface area contributed by atoms with Crippen LogP contribution in [0.5, 0.6) is 0 Å². The topological polar surface area (TPSA) is 120 Å². The molecule has 4 aliphatic carbocycles. The summed E-state index contributed by atoms with van der Waals surface area (Å²) in [5.41, 5.74) is -8.33. The Bertz CT molecular complexity index is 10900. The Labute approximate surface area is 888 Å². The molecule has 4 aliphatic rings. The van der Waals surface area contributed by atoms with Gasteiger partial charge in [0, 0.05) is 246 Å². The Morgan fingerprint density at radius 2 is 0.676 bits per heavy atom. The highest BCUT2D eigenvalue weighted by molar-refractivity contribution is 6.17. The zero-order valence-corrected chi connectivity index (χ0v) is 74.0. The maximum absolute atomic E-state index is 8.91. The summed E-state index contributed by atoms with van der Waals surface area (Å²) in [6.45, 7) is -57.6. The second-order valence-corrected chi connectivity index (χ2v) is 34.9. The van der Waals surface area contributed by atoms with Crippen molar-refractivity contribution in [1.29, 1.82) is 0 Å². The maximum Gasteiger partial charge on any atom is 0.216 e. The molecule has 12 heterocycles. The molecule has 136 heavy (non-hydrogen) atoms. The summed E-state index contributed by atoms with van der Waals surface area (Å²) in [5.74, 6) is -13.4. The summed E-state index contributed by atoms with van der Waals surface area (Å²) in [6, 6.07) is 43.2. The molecule has 20 aromatic rings. The Morgan fingerprint density at radius 3 is 1.17 bits per heavy atom. The van der Waals surface area contributed by atoms with E-state index in [0.717, 1.165) is 49.1 Å². The summed E-state index contributed by atoms with van der Waals surface area (Å²) < 4.78 is 564. The van der Waals surface area contributed by atoms with Crippen molar-refractivity contribution < 1.29 is 124 Å². The molecule has 0 aliphatic heterocycles. The Morgan fingerprint density at radius 1 is 0.287 bits per heavy atom. The van der Waals surface area contributed by atoms with E-state index in [0.29, 0.717) is 104 Å². The fourth-order valence-corrected chi connectivity index (χ4v) is 20.1. The number of hydrogen-bond acceptors (Lipinski definition) is 8. The third-order valence-electron chi connectivity index (χ3n) is 26.6. The Balaban J connectivity index is 0.000000147. The lowest BCUT2D eigenvalue weighted by Crippen LogP contribution is -2.32. The zero-order chi connectivity index (χ0) is 149. The number of fused-ring (bicyclic) bond motifs is 27. The quantitative estimate of drug-likeness (QED) is 0.138. The molecule has 0 saturated heterocycles. The fourth-order valence-electron chi connectivity index (χ4n) is 20.1. The lowest BCUT2D eigenvalue weighted by atomic mass is 9.83. The second kappa shape index (κ2) is 31.9. The summed E-state index contributed by atoms with van der Waals surface area (Å²) >= 11 is 0. The monoisotopic (exact) mass is 1850 g/mol. The maximum atomic E-state index is 8.91. The molecule has 0 unspecified atom stereocenters. The van der Waals surface area contributed by atoms with E-state index in [1.54, 1.807) is 155 Å². The van der Waals surface area contributed by atoms with E-state index in [-0.39, 0.29) is 140 Å². The van der Waals surface area contributed by atoms with Gasteiger partial charge in [0.1, 0.15) is 67.2 Å². The first-order valence-electron chi connectivity index (χ1n) is 74.8. The van der Waals surface area contributed by atoms with Crippen LogP contribution in [0.25, 0.3) is 177 Å². The number of hydrogen-bond donors (Lipinski definition) is 0. The van der Waals surface area contributed by atoms with Crippen molar-refractivity contribution in [2.45, 2.75) is 210 Å². The average Bonchev–Trinajstić information content (AvgIpc) is 1.50. The van der Waals surface area contributed by atoms with E-state index in [2.05, 4.69) is 19.9 Å². The molecule has 8 aromatic carbocycles. The van der Waals surface area contributed by atoms with Gasteiger partial charge in [0.25, 0.3) is 0 Å². The first-order chi connectivity index (χ1) is 90.8. The molecular weight excluding hydrogens is 1670 g/mol. The van der Waals surface area contributed by atoms with Crippen LogP contribution < -0.4 is 18.3 Å². The van der Waals surface area contributed by atoms with E-state index in [4.69, 9.17) is 105 Å². The lowest BCUT2D eigenvalue weighted by molar-refractivity contribution is -0.660. The van der Waals surface area contributed by atoms with Gasteiger partial charge in [0.2, 0.25) is 22.8 Å². The van der Waals surface area contributed by atoms with Crippen LogP contribution in [0.2, 0.25) is 0 Å². The molecule has 0 amide bonds. The molecule has 0 N–H and O–H groups in total. The molecule has 0 radical (unpaired) electrons. The minimum Gasteiger partial charge on any atom is -0.455 e. The number of aryl methyl sites for hydroxylation is 12. The van der Waals surface area contributed by atoms with Crippen molar-refractivity contribution in [3.05, 3.63) is 331 Å². The van der Waals surface area contributed by atoms with Crippen LogP contribution in [0.4, 0.5) is 0 Å². The number of aromatic nitrogens is 8. The predicted octanol–water partition coefficient (Wildman–Crippen LogP) is 30.1. The standard InChI is InChI=1S/4C31H31N2O/c1-17(2)24-15-25(33(7)16-19(24)4)26-18(3)10-11-21-22-13-12-20-23-9-8-14-32-30(23)31(5,6)27(20)29(22)34-28(21)26;1-17(2)22-14-26(33(7)16-19(22)4)28-18(3)10-11-20-24-13-25-23(15-27(24)34-29(20)28)21-9-8-12-32-30(21)31(25,5)6;1-17(2)22-14-25(33(7)16-19(22)4)26-18(3)12-13-20-23-15-32-30-27(29(23)34-28(20)26)21-10-8-9-11-24(21)31(30,5)6;1-17(2)22-14-25(33(7)16-19(22)4)26-18(3)12-13-21-28-30(34-29(21)26)27-20-10-8-9-11-23(20)31(5,6)24(27)15-32-28/h4*8-17H,1-7H3/q4*+1/i4*1D3,2D3,4D3,5D3,6D3,17D. The highest BCUT2D eigenvalue weighted by Crippen LogP contribution is 2.58. The van der Waals surface area contributed by atoms with Crippen molar-refractivity contribution in [2.24, 2.45) is 28.2 Å². The predicted molar refractivity (Wildman–Crippen MR) is 557 cm³/mol. The second-order valence-electron chi connectivity index (χ2n) is 34.9. The number of nitrogens with zero attached hydrogens (tertiary/aromatic N) is 8. The number of furan rings is 4. The molecule has 0 saturated carbocycles. The minimum atomic E-state index is -3.49. The third kappa shape index (κ3) is 13.4. The molecule has 24 rings (SSSR count). The summed E-state index contributed by atoms with van der Waals surface area (Å²) in [4.78, 5) is 17.6. The first-order valence-corrected chi connectivity index (χ1v) is 42.8. The van der Waals surface area contributed by atoms with Gasteiger partial charge in [-0.3, -0.25) is 19.9 Å². The molecule has 680 valence electrons. The molecule has 0 atom stereocenters. The van der Waals surface area contributed by atoms with Gasteiger partial charge in [0.05, 0.1) is 39.3 Å². The van der Waals surface area contributed by atoms with Crippen LogP contribution in [0.1, 0.15) is 333 Å². The van der Waals surface area contributed by atoms with E-state index < -0.39 is 227 Å². The van der Waals surface area contributed by atoms with Gasteiger partial charge in [-0.25, -0.2) is 18.3 Å². The third-order valence-corrected chi connectivity index (χ3v) is 26.6. The van der Waals surface area contributed by atoms with Crippen molar-refractivity contribution in [1.82, 2.24) is 19.9 Å². The van der Waals surface area contributed by atoms with Crippen LogP contribution in [0.15, 0.2) is 237 Å². The summed E-state index contributed by atoms with van der Waals surface area (Å²) in [6.07, 6.45) is 9.63. The van der Waals surface area contributed by atoms with Crippen LogP contribution in [0, 0.1) is 55.1 Å². The van der Waals surface area contributed by atoms with E-state index >= 15 is 0 Å². The summed E-state index contributed by atoms with van der Waals surface area (Å²) in [5, 5.41) is 2.85. The normalized spacial score (nSPS) is 23.4. The first kappa shape index (κ1) is 42.2. The van der Waals surface area contributed by atoms with E-state index in [1.165, 1.54) is 89.4 Å². The van der Waals surface area contributed by atoms with Gasteiger partial charge in [0.15, 0.2) is 36.0 Å². The molecule has 0 fully saturated rings. The minimum absolute atomic E-state index is 0.0211. The van der Waals surface area contributed by atoms with E-state index in [9.17, 15) is 0 Å². The van der Waals surface area contributed by atoms with Crippen molar-refractivity contribution >= 4 is 87.9 Å². The van der Waals surface area contributed by atoms with Crippen molar-refractivity contribution in [2.75, 3.05) is 0 Å². The zero-order valence-electron chi connectivity index (χ0n) is 138. The molecule has 12 nitrogen and oxygen atoms in total. The molecule has 0 spiro atoms. The van der Waals surface area contributed by atoms with Gasteiger partial charge in [-0.2, -0.15) is 0 Å². The molecule has 12 aromatic heterocycles. The highest BCUT2D eigenvalue weighted by atomic mass is 16.3. The van der Waals surface area contributed by atoms with Crippen LogP contribution >= 0.6 is 0 Å². The SMILES string of the molecule is [2H]C([2H])([2H])c1c[n+](C)c(-c2c(C)ccc3c2oc2c4c(ccc23)-c2cccnc2C4(C([2H])([2H])[2H])C([2H])([2H])[2H])cc1C([2H])(C([2H])([2H])[2H])C([2H])([2H])[2H].[2H]C([2H])([2H])c1c[n+](C)c(-c2c(C)ccc3c2oc2c4c(cnc23)C(C([2H])([2H])[2H])(C([2H])([2H])[2H])c2ccccc2-4)cc1C([2H])(C([2H])([2H])[2H])C([2H])([2H])[2H].[2H]C([2H])([2H])c1c[n+](C)c(-c2c(C)ccc3c2oc2c4c(ncc23)C(C([2H])([2H])[2H])(C([2H])([2H])[2H])c2ccccc2-4)cc1C([2H])(C([2H])([2H])[2H])C([2H])([2H])[2H].[2H]C([2H])([2H])c1c[n+](C)c(-c2c(C)ccc3c2oc2cc4c(cc23)C(C([2H])([2H])[2H])(C([2H])([2H])[2H])c2ncccc2-4)cc1C([2H])(C([2H])([2H])[2H])C([2H])([2H])[2H]. The van der Waals surface area contributed by atoms with Gasteiger partial charge >= 0.3 is 0 Å². The van der Waals surface area contributed by atoms with Crippen molar-refractivity contribution in [3.63, 3.8) is 0 Å². The van der Waals surface area contributed by atoms with E-state index in [1.807, 2.05) is 0 Å². The van der Waals surface area contributed by atoms with Crippen LogP contribution in [-0.2, 0) is 49.9 Å². The van der Waals surface area contributed by atoms with Gasteiger partial charge in [-0.05, 0) is 218 Å². The molecular formula is C124H124N8O4+4. The number of pyridine rings is 8. The van der Waals surface area contributed by atoms with Gasteiger partial charge in [-0.1, -0.05) is 205 Å². The lowest BCUT2D eigenvalue weighted by Gasteiger charge is -2.20. The Kier molecular flexibility index (Phi) is 9.90. The largest absolute Gasteiger partial charge is 0.455 e. The molecule has 12 heteroatoms. The number of rotatable bonds is 8. The number of benzene rings is 8. The van der Waals surface area contributed by atoms with Crippen LogP contribution in [0.3, 0.4) is 0 Å². The van der Waals surface area contributed by atoms with Crippen LogP contribution in [-0.4, -0.2) is 19.9 Å². The summed E-state index contributed by atoms with van der Waals surface area (Å²) in [7, 11) is 5.94. The van der Waals surface area contributed by atoms with Crippen molar-refractivity contribution in [3.8, 4) is 89.5 Å². The van der Waals surface area contributed by atoms with Gasteiger partial charge in [-0.15, -0.1) is 0 Å². The smallest absolute Gasteiger partial charge is 0.216 e.